The Kier molecular flexibility index (Phi) is 4.53. The van der Waals surface area contributed by atoms with Crippen molar-refractivity contribution in [3.63, 3.8) is 0 Å². The highest BCUT2D eigenvalue weighted by atomic mass is 35.5. The number of benzene rings is 1. The normalized spacial score (nSPS) is 10.8. The van der Waals surface area contributed by atoms with Gasteiger partial charge in [-0.2, -0.15) is 0 Å². The molecule has 3 nitrogen and oxygen atoms in total. The molecule has 18 heavy (non-hydrogen) atoms. The molecule has 0 aliphatic carbocycles. The number of phenolic OH excluding ortho intramolecular Hbond substituents is 1. The van der Waals surface area contributed by atoms with E-state index in [4.69, 9.17) is 27.6 Å². The summed E-state index contributed by atoms with van der Waals surface area (Å²) in [7, 11) is 0. The number of hydrogen-bond acceptors (Lipinski definition) is 3. The van der Waals surface area contributed by atoms with E-state index in [2.05, 4.69) is 5.32 Å². The molecule has 0 fully saturated rings. The van der Waals surface area contributed by atoms with E-state index in [0.29, 0.717) is 17.1 Å². The molecule has 5 heteroatoms. The summed E-state index contributed by atoms with van der Waals surface area (Å²) in [5.74, 6) is 1.00. The Morgan fingerprint density at radius 3 is 2.83 bits per heavy atom. The van der Waals surface area contributed by atoms with Crippen LogP contribution in [0.4, 0.5) is 0 Å². The van der Waals surface area contributed by atoms with Gasteiger partial charge >= 0.3 is 0 Å². The standard InChI is InChI=1S/C13H13Cl2NO2/c14-10-6-9(13(17)12(15)7-10)8-16-4-3-11-2-1-5-18-11/h1-2,5-7,16-17H,3-4,8H2. The zero-order valence-corrected chi connectivity index (χ0v) is 11.1. The summed E-state index contributed by atoms with van der Waals surface area (Å²) >= 11 is 11.7. The van der Waals surface area contributed by atoms with Crippen molar-refractivity contribution in [1.29, 1.82) is 0 Å². The first-order valence-corrected chi connectivity index (χ1v) is 6.32. The maximum Gasteiger partial charge on any atom is 0.138 e. The topological polar surface area (TPSA) is 45.4 Å². The molecule has 96 valence electrons. The molecule has 0 radical (unpaired) electrons. The molecule has 1 aromatic carbocycles. The van der Waals surface area contributed by atoms with Gasteiger partial charge in [0, 0.05) is 30.1 Å². The molecule has 1 heterocycles. The molecule has 0 aliphatic rings. The van der Waals surface area contributed by atoms with Crippen LogP contribution in [0.2, 0.25) is 10.0 Å². The van der Waals surface area contributed by atoms with Gasteiger partial charge < -0.3 is 14.8 Å². The average Bonchev–Trinajstić information content (AvgIpc) is 2.83. The summed E-state index contributed by atoms with van der Waals surface area (Å²) in [5, 5.41) is 13.7. The van der Waals surface area contributed by atoms with Gasteiger partial charge in [0.15, 0.2) is 0 Å². The second-order valence-electron chi connectivity index (χ2n) is 3.90. The molecule has 2 rings (SSSR count). The van der Waals surface area contributed by atoms with E-state index in [0.717, 1.165) is 18.7 Å². The number of furan rings is 1. The van der Waals surface area contributed by atoms with Gasteiger partial charge in [-0.15, -0.1) is 0 Å². The quantitative estimate of drug-likeness (QED) is 0.825. The van der Waals surface area contributed by atoms with Crippen LogP contribution in [-0.4, -0.2) is 11.7 Å². The molecule has 0 saturated carbocycles. The van der Waals surface area contributed by atoms with Crippen molar-refractivity contribution < 1.29 is 9.52 Å². The van der Waals surface area contributed by atoms with Gasteiger partial charge in [-0.1, -0.05) is 23.2 Å². The summed E-state index contributed by atoms with van der Waals surface area (Å²) in [4.78, 5) is 0. The van der Waals surface area contributed by atoms with E-state index in [1.807, 2.05) is 12.1 Å². The number of phenols is 1. The Balaban J connectivity index is 1.86. The van der Waals surface area contributed by atoms with Gasteiger partial charge in [-0.25, -0.2) is 0 Å². The van der Waals surface area contributed by atoms with Gasteiger partial charge in [0.2, 0.25) is 0 Å². The predicted octanol–water partition coefficient (Wildman–Crippen LogP) is 3.62. The Labute approximate surface area is 115 Å². The van der Waals surface area contributed by atoms with E-state index in [1.54, 1.807) is 12.3 Å². The molecular weight excluding hydrogens is 273 g/mol. The first-order chi connectivity index (χ1) is 8.66. The second kappa shape index (κ2) is 6.14. The van der Waals surface area contributed by atoms with E-state index < -0.39 is 0 Å². The van der Waals surface area contributed by atoms with Gasteiger partial charge in [-0.05, 0) is 24.3 Å². The summed E-state index contributed by atoms with van der Waals surface area (Å²) in [5.41, 5.74) is 0.687. The van der Waals surface area contributed by atoms with Crippen LogP contribution < -0.4 is 5.32 Å². The summed E-state index contributed by atoms with van der Waals surface area (Å²) < 4.78 is 5.22. The second-order valence-corrected chi connectivity index (χ2v) is 4.75. The Morgan fingerprint density at radius 1 is 1.28 bits per heavy atom. The van der Waals surface area contributed by atoms with Crippen LogP contribution in [-0.2, 0) is 13.0 Å². The van der Waals surface area contributed by atoms with E-state index in [1.165, 1.54) is 6.07 Å². The largest absolute Gasteiger partial charge is 0.506 e. The summed E-state index contributed by atoms with van der Waals surface area (Å²) in [6, 6.07) is 7.00. The van der Waals surface area contributed by atoms with Crippen LogP contribution in [0.15, 0.2) is 34.9 Å². The minimum Gasteiger partial charge on any atom is -0.506 e. The zero-order valence-electron chi connectivity index (χ0n) is 9.62. The lowest BCUT2D eigenvalue weighted by atomic mass is 10.2. The van der Waals surface area contributed by atoms with Crippen LogP contribution in [0.25, 0.3) is 0 Å². The van der Waals surface area contributed by atoms with Gasteiger partial charge in [0.05, 0.1) is 11.3 Å². The average molecular weight is 286 g/mol. The van der Waals surface area contributed by atoms with Crippen molar-refractivity contribution >= 4 is 23.2 Å². The van der Waals surface area contributed by atoms with E-state index in [-0.39, 0.29) is 10.8 Å². The van der Waals surface area contributed by atoms with Crippen LogP contribution in [0, 0.1) is 0 Å². The lowest BCUT2D eigenvalue weighted by molar-refractivity contribution is 0.463. The lowest BCUT2D eigenvalue weighted by Gasteiger charge is -2.08. The highest BCUT2D eigenvalue weighted by Gasteiger charge is 2.07. The fourth-order valence-corrected chi connectivity index (χ4v) is 2.18. The molecule has 0 unspecified atom stereocenters. The van der Waals surface area contributed by atoms with Crippen molar-refractivity contribution in [2.45, 2.75) is 13.0 Å². The third-order valence-electron chi connectivity index (χ3n) is 2.55. The van der Waals surface area contributed by atoms with Crippen molar-refractivity contribution in [3.05, 3.63) is 51.9 Å². The number of halogens is 2. The minimum atomic E-state index is 0.0755. The maximum atomic E-state index is 9.76. The summed E-state index contributed by atoms with van der Waals surface area (Å²) in [6.07, 6.45) is 2.44. The predicted molar refractivity (Wildman–Crippen MR) is 72.2 cm³/mol. The number of aromatic hydroxyl groups is 1. The Morgan fingerprint density at radius 2 is 2.11 bits per heavy atom. The molecule has 0 saturated heterocycles. The van der Waals surface area contributed by atoms with Crippen LogP contribution in [0.1, 0.15) is 11.3 Å². The zero-order chi connectivity index (χ0) is 13.0. The number of hydrogen-bond donors (Lipinski definition) is 2. The van der Waals surface area contributed by atoms with E-state index in [9.17, 15) is 5.11 Å². The molecule has 0 aliphatic heterocycles. The molecule has 0 amide bonds. The molecule has 2 aromatic rings. The van der Waals surface area contributed by atoms with E-state index >= 15 is 0 Å². The molecule has 0 spiro atoms. The van der Waals surface area contributed by atoms with Gasteiger partial charge in [0.1, 0.15) is 11.5 Å². The maximum absolute atomic E-state index is 9.76. The lowest BCUT2D eigenvalue weighted by Crippen LogP contribution is -2.16. The third-order valence-corrected chi connectivity index (χ3v) is 3.06. The Bertz CT molecular complexity index is 512. The molecule has 0 atom stereocenters. The molecule has 2 N–H and O–H groups in total. The SMILES string of the molecule is Oc1c(Cl)cc(Cl)cc1CNCCc1ccco1. The first-order valence-electron chi connectivity index (χ1n) is 5.57. The highest BCUT2D eigenvalue weighted by Crippen LogP contribution is 2.30. The van der Waals surface area contributed by atoms with Crippen LogP contribution in [0.5, 0.6) is 5.75 Å². The van der Waals surface area contributed by atoms with Gasteiger partial charge in [-0.3, -0.25) is 0 Å². The Hall–Kier alpha value is -1.16. The molecule has 1 aromatic heterocycles. The minimum absolute atomic E-state index is 0.0755. The number of rotatable bonds is 5. The van der Waals surface area contributed by atoms with Crippen molar-refractivity contribution in [1.82, 2.24) is 5.32 Å². The fraction of sp³-hybridized carbons (Fsp3) is 0.231. The van der Waals surface area contributed by atoms with Crippen LogP contribution >= 0.6 is 23.2 Å². The molecular formula is C13H13Cl2NO2. The van der Waals surface area contributed by atoms with Crippen molar-refractivity contribution in [2.24, 2.45) is 0 Å². The highest BCUT2D eigenvalue weighted by molar-refractivity contribution is 6.35. The fourth-order valence-electron chi connectivity index (χ4n) is 1.64. The van der Waals surface area contributed by atoms with Gasteiger partial charge in [0.25, 0.3) is 0 Å². The smallest absolute Gasteiger partial charge is 0.138 e. The summed E-state index contributed by atoms with van der Waals surface area (Å²) in [6.45, 7) is 1.25. The van der Waals surface area contributed by atoms with Crippen molar-refractivity contribution in [2.75, 3.05) is 6.54 Å². The third kappa shape index (κ3) is 3.42. The molecule has 0 bridgehead atoms. The number of nitrogens with one attached hydrogen (secondary N) is 1. The van der Waals surface area contributed by atoms with Crippen LogP contribution in [0.3, 0.4) is 0 Å². The van der Waals surface area contributed by atoms with Crippen molar-refractivity contribution in [3.8, 4) is 5.75 Å². The first kappa shape index (κ1) is 13.3. The monoisotopic (exact) mass is 285 g/mol.